The lowest BCUT2D eigenvalue weighted by atomic mass is 10.1. The van der Waals surface area contributed by atoms with Gasteiger partial charge < -0.3 is 5.32 Å². The number of hydrogen-bond acceptors (Lipinski definition) is 3. The third-order valence-electron chi connectivity index (χ3n) is 5.64. The predicted molar refractivity (Wildman–Crippen MR) is 130 cm³/mol. The maximum atomic E-state index is 12.9. The van der Waals surface area contributed by atoms with Gasteiger partial charge in [-0.1, -0.05) is 42.5 Å². The van der Waals surface area contributed by atoms with Crippen molar-refractivity contribution in [1.82, 2.24) is 19.6 Å². The summed E-state index contributed by atoms with van der Waals surface area (Å²) < 4.78 is 4.92. The highest BCUT2D eigenvalue weighted by Crippen LogP contribution is 2.23. The molecule has 6 nitrogen and oxygen atoms in total. The SMILES string of the molecule is Cc1nn(Cc2ccc(C(=O)Nc3c(C)nn(Cc4ccccc4)c3C)cc2)c(C)c1Br. The molecule has 7 heteroatoms. The second-order valence-corrected chi connectivity index (χ2v) is 8.78. The Labute approximate surface area is 196 Å². The van der Waals surface area contributed by atoms with E-state index in [4.69, 9.17) is 0 Å². The van der Waals surface area contributed by atoms with Crippen molar-refractivity contribution < 1.29 is 4.79 Å². The molecule has 0 spiro atoms. The summed E-state index contributed by atoms with van der Waals surface area (Å²) in [6.07, 6.45) is 0. The Morgan fingerprint density at radius 2 is 1.38 bits per heavy atom. The van der Waals surface area contributed by atoms with Crippen LogP contribution in [0.15, 0.2) is 59.1 Å². The summed E-state index contributed by atoms with van der Waals surface area (Å²) in [6, 6.07) is 17.8. The molecule has 0 aliphatic rings. The highest BCUT2D eigenvalue weighted by molar-refractivity contribution is 9.10. The van der Waals surface area contributed by atoms with Crippen molar-refractivity contribution in [3.05, 3.63) is 98.5 Å². The zero-order chi connectivity index (χ0) is 22.8. The number of carbonyl (C=O) groups is 1. The van der Waals surface area contributed by atoms with E-state index in [-0.39, 0.29) is 5.91 Å². The van der Waals surface area contributed by atoms with Crippen molar-refractivity contribution in [3.63, 3.8) is 0 Å². The molecule has 32 heavy (non-hydrogen) atoms. The van der Waals surface area contributed by atoms with Crippen LogP contribution >= 0.6 is 15.9 Å². The first-order valence-corrected chi connectivity index (χ1v) is 11.3. The van der Waals surface area contributed by atoms with Crippen LogP contribution in [0.1, 0.15) is 44.3 Å². The zero-order valence-corrected chi connectivity index (χ0v) is 20.3. The van der Waals surface area contributed by atoms with Gasteiger partial charge in [0, 0.05) is 5.56 Å². The number of halogens is 1. The second-order valence-electron chi connectivity index (χ2n) is 7.98. The summed E-state index contributed by atoms with van der Waals surface area (Å²) in [6.45, 7) is 9.24. The van der Waals surface area contributed by atoms with Crippen LogP contribution in [0.3, 0.4) is 0 Å². The molecule has 0 fully saturated rings. The van der Waals surface area contributed by atoms with Crippen LogP contribution in [0.5, 0.6) is 0 Å². The summed E-state index contributed by atoms with van der Waals surface area (Å²) in [7, 11) is 0. The molecular weight excluding hydrogens is 466 g/mol. The highest BCUT2D eigenvalue weighted by atomic mass is 79.9. The Morgan fingerprint density at radius 1 is 0.812 bits per heavy atom. The van der Waals surface area contributed by atoms with Gasteiger partial charge in [0.15, 0.2) is 0 Å². The summed E-state index contributed by atoms with van der Waals surface area (Å²) in [4.78, 5) is 12.9. The van der Waals surface area contributed by atoms with Crippen molar-refractivity contribution in [1.29, 1.82) is 0 Å². The highest BCUT2D eigenvalue weighted by Gasteiger charge is 2.16. The minimum Gasteiger partial charge on any atom is -0.319 e. The lowest BCUT2D eigenvalue weighted by Crippen LogP contribution is -2.13. The molecule has 0 saturated heterocycles. The van der Waals surface area contributed by atoms with Crippen LogP contribution in [0.2, 0.25) is 0 Å². The molecule has 4 aromatic rings. The van der Waals surface area contributed by atoms with Crippen LogP contribution in [0, 0.1) is 27.7 Å². The number of carbonyl (C=O) groups excluding carboxylic acids is 1. The van der Waals surface area contributed by atoms with Gasteiger partial charge in [-0.3, -0.25) is 14.2 Å². The van der Waals surface area contributed by atoms with Crippen LogP contribution in [0.4, 0.5) is 5.69 Å². The van der Waals surface area contributed by atoms with Crippen LogP contribution < -0.4 is 5.32 Å². The molecule has 0 bridgehead atoms. The van der Waals surface area contributed by atoms with Gasteiger partial charge in [0.1, 0.15) is 0 Å². The average Bonchev–Trinajstić information content (AvgIpc) is 3.19. The average molecular weight is 492 g/mol. The molecule has 1 N–H and O–H groups in total. The molecule has 4 rings (SSSR count). The molecule has 164 valence electrons. The van der Waals surface area contributed by atoms with Crippen LogP contribution in [0.25, 0.3) is 0 Å². The summed E-state index contributed by atoms with van der Waals surface area (Å²) >= 11 is 3.56. The van der Waals surface area contributed by atoms with Crippen molar-refractivity contribution in [3.8, 4) is 0 Å². The van der Waals surface area contributed by atoms with Gasteiger partial charge in [0.05, 0.1) is 46.0 Å². The lowest BCUT2D eigenvalue weighted by Gasteiger charge is -2.09. The molecule has 0 aliphatic heterocycles. The molecule has 2 heterocycles. The van der Waals surface area contributed by atoms with Gasteiger partial charge in [-0.15, -0.1) is 0 Å². The maximum absolute atomic E-state index is 12.9. The van der Waals surface area contributed by atoms with E-state index in [0.717, 1.165) is 38.5 Å². The van der Waals surface area contributed by atoms with E-state index in [2.05, 4.69) is 43.6 Å². The Bertz CT molecular complexity index is 1260. The van der Waals surface area contributed by atoms with Crippen molar-refractivity contribution in [2.75, 3.05) is 5.32 Å². The minimum absolute atomic E-state index is 0.143. The molecule has 2 aromatic heterocycles. The predicted octanol–water partition coefficient (Wildman–Crippen LogP) is 5.42. The minimum atomic E-state index is -0.143. The van der Waals surface area contributed by atoms with Crippen molar-refractivity contribution in [2.45, 2.75) is 40.8 Å². The Kier molecular flexibility index (Phi) is 6.28. The normalized spacial score (nSPS) is 11.0. The van der Waals surface area contributed by atoms with Gasteiger partial charge in [0.25, 0.3) is 5.91 Å². The van der Waals surface area contributed by atoms with Crippen LogP contribution in [-0.2, 0) is 13.1 Å². The first-order chi connectivity index (χ1) is 15.3. The van der Waals surface area contributed by atoms with E-state index in [9.17, 15) is 4.79 Å². The Hall–Kier alpha value is -3.19. The Balaban J connectivity index is 1.46. The van der Waals surface area contributed by atoms with Gasteiger partial charge >= 0.3 is 0 Å². The molecule has 2 aromatic carbocycles. The number of amides is 1. The van der Waals surface area contributed by atoms with Gasteiger partial charge in [-0.05, 0) is 66.9 Å². The number of benzene rings is 2. The lowest BCUT2D eigenvalue weighted by molar-refractivity contribution is 0.102. The molecule has 0 atom stereocenters. The van der Waals surface area contributed by atoms with E-state index >= 15 is 0 Å². The molecule has 0 unspecified atom stereocenters. The van der Waals surface area contributed by atoms with Crippen molar-refractivity contribution in [2.24, 2.45) is 0 Å². The second kappa shape index (κ2) is 9.12. The number of nitrogens with zero attached hydrogens (tertiary/aromatic N) is 4. The molecule has 0 aliphatic carbocycles. The van der Waals surface area contributed by atoms with Crippen molar-refractivity contribution >= 4 is 27.5 Å². The third kappa shape index (κ3) is 4.53. The van der Waals surface area contributed by atoms with Gasteiger partial charge in [0.2, 0.25) is 0 Å². The topological polar surface area (TPSA) is 64.7 Å². The number of aryl methyl sites for hydroxylation is 2. The monoisotopic (exact) mass is 491 g/mol. The first kappa shape index (κ1) is 22.0. The van der Waals surface area contributed by atoms with Gasteiger partial charge in [-0.25, -0.2) is 0 Å². The van der Waals surface area contributed by atoms with Gasteiger partial charge in [-0.2, -0.15) is 10.2 Å². The molecule has 0 radical (unpaired) electrons. The zero-order valence-electron chi connectivity index (χ0n) is 18.7. The van der Waals surface area contributed by atoms with Crippen LogP contribution in [-0.4, -0.2) is 25.5 Å². The summed E-state index contributed by atoms with van der Waals surface area (Å²) in [5.74, 6) is -0.143. The summed E-state index contributed by atoms with van der Waals surface area (Å²) in [5, 5.41) is 12.2. The molecule has 1 amide bonds. The fourth-order valence-electron chi connectivity index (χ4n) is 3.74. The quantitative estimate of drug-likeness (QED) is 0.391. The van der Waals surface area contributed by atoms with E-state index in [1.165, 1.54) is 5.56 Å². The molecular formula is C25H26BrN5O. The first-order valence-electron chi connectivity index (χ1n) is 10.5. The number of hydrogen-bond donors (Lipinski definition) is 1. The molecule has 0 saturated carbocycles. The maximum Gasteiger partial charge on any atom is 0.255 e. The fraction of sp³-hybridized carbons (Fsp3) is 0.240. The van der Waals surface area contributed by atoms with E-state index in [0.29, 0.717) is 18.7 Å². The largest absolute Gasteiger partial charge is 0.319 e. The Morgan fingerprint density at radius 3 is 1.97 bits per heavy atom. The number of nitrogens with one attached hydrogen (secondary N) is 1. The van der Waals surface area contributed by atoms with E-state index in [1.807, 2.05) is 79.5 Å². The fourth-order valence-corrected chi connectivity index (χ4v) is 4.02. The number of anilines is 1. The number of rotatable bonds is 6. The number of aromatic nitrogens is 4. The summed E-state index contributed by atoms with van der Waals surface area (Å²) in [5.41, 5.74) is 7.43. The third-order valence-corrected chi connectivity index (χ3v) is 6.78. The smallest absolute Gasteiger partial charge is 0.255 e. The standard InChI is InChI=1S/C25H26BrN5O/c1-16-23(26)18(3)30(28-16)15-21-10-12-22(13-11-21)25(32)27-24-17(2)29-31(19(24)4)14-20-8-6-5-7-9-20/h5-13H,14-15H2,1-4H3,(H,27,32). The van der Waals surface area contributed by atoms with E-state index < -0.39 is 0 Å². The van der Waals surface area contributed by atoms with E-state index in [1.54, 1.807) is 0 Å².